The van der Waals surface area contributed by atoms with Gasteiger partial charge in [-0.1, -0.05) is 30.3 Å². The van der Waals surface area contributed by atoms with Gasteiger partial charge in [0.15, 0.2) is 5.78 Å². The van der Waals surface area contributed by atoms with Crippen molar-refractivity contribution in [3.8, 4) is 0 Å². The van der Waals surface area contributed by atoms with Gasteiger partial charge in [0.2, 0.25) is 0 Å². The molecule has 2 heterocycles. The predicted octanol–water partition coefficient (Wildman–Crippen LogP) is 2.44. The first-order valence-electron chi connectivity index (χ1n) is 10.2. The first-order chi connectivity index (χ1) is 14.4. The van der Waals surface area contributed by atoms with E-state index in [1.165, 1.54) is 4.90 Å². The monoisotopic (exact) mass is 406 g/mol. The first-order valence-corrected chi connectivity index (χ1v) is 10.2. The molecular formula is C23H26N4O3. The molecule has 2 aromatic rings. The lowest BCUT2D eigenvalue weighted by Gasteiger charge is -2.37. The zero-order chi connectivity index (χ0) is 21.3. The summed E-state index contributed by atoms with van der Waals surface area (Å²) in [6, 6.07) is 16.6. The van der Waals surface area contributed by atoms with Crippen LogP contribution in [0.4, 0.5) is 10.5 Å². The molecule has 0 bridgehead atoms. The summed E-state index contributed by atoms with van der Waals surface area (Å²) >= 11 is 0. The number of amides is 3. The van der Waals surface area contributed by atoms with Crippen molar-refractivity contribution < 1.29 is 14.4 Å². The molecule has 2 fully saturated rings. The molecule has 0 unspecified atom stereocenters. The molecule has 156 valence electrons. The quantitative estimate of drug-likeness (QED) is 0.610. The van der Waals surface area contributed by atoms with Gasteiger partial charge in [-0.3, -0.25) is 14.5 Å². The number of urea groups is 1. The average molecular weight is 406 g/mol. The molecule has 2 aliphatic rings. The third-order valence-electron chi connectivity index (χ3n) is 5.98. The third kappa shape index (κ3) is 3.68. The van der Waals surface area contributed by atoms with E-state index in [1.54, 1.807) is 13.8 Å². The number of piperazine rings is 1. The second-order valence-electron chi connectivity index (χ2n) is 8.00. The molecule has 0 aliphatic carbocycles. The maximum atomic E-state index is 13.1. The molecule has 30 heavy (non-hydrogen) atoms. The zero-order valence-electron chi connectivity index (χ0n) is 17.3. The van der Waals surface area contributed by atoms with Gasteiger partial charge >= 0.3 is 6.03 Å². The van der Waals surface area contributed by atoms with Crippen molar-refractivity contribution >= 4 is 23.4 Å². The number of anilines is 1. The highest BCUT2D eigenvalue weighted by Gasteiger charge is 2.49. The first kappa shape index (κ1) is 20.1. The highest BCUT2D eigenvalue weighted by atomic mass is 16.2. The number of rotatable bonds is 5. The van der Waals surface area contributed by atoms with Gasteiger partial charge in [0.1, 0.15) is 5.54 Å². The Kier molecular flexibility index (Phi) is 5.30. The van der Waals surface area contributed by atoms with E-state index in [1.807, 2.05) is 54.6 Å². The van der Waals surface area contributed by atoms with E-state index in [2.05, 4.69) is 15.1 Å². The molecule has 0 spiro atoms. The fraction of sp³-hybridized carbons (Fsp3) is 0.348. The number of benzene rings is 2. The predicted molar refractivity (Wildman–Crippen MR) is 114 cm³/mol. The molecule has 2 aromatic carbocycles. The fourth-order valence-corrected chi connectivity index (χ4v) is 4.05. The van der Waals surface area contributed by atoms with Crippen LogP contribution >= 0.6 is 0 Å². The van der Waals surface area contributed by atoms with Gasteiger partial charge in [0.05, 0.1) is 6.67 Å². The van der Waals surface area contributed by atoms with Crippen LogP contribution in [-0.4, -0.2) is 60.4 Å². The van der Waals surface area contributed by atoms with Crippen molar-refractivity contribution in [2.45, 2.75) is 19.4 Å². The summed E-state index contributed by atoms with van der Waals surface area (Å²) in [7, 11) is 0. The Bertz CT molecular complexity index is 952. The largest absolute Gasteiger partial charge is 0.369 e. The van der Waals surface area contributed by atoms with Crippen molar-refractivity contribution in [3.05, 3.63) is 65.7 Å². The Hall–Kier alpha value is -3.19. The Morgan fingerprint density at radius 3 is 2.20 bits per heavy atom. The standard InChI is InChI=1S/C23H26N4O3/c1-17(28)18-8-10-20(11-9-18)26-14-12-25(13-15-26)16-27-21(29)23(2,24-22(27)30)19-6-4-3-5-7-19/h3-11H,12-16H2,1-2H3,(H,24,30)/t23-/m1/s1. The maximum Gasteiger partial charge on any atom is 0.326 e. The Balaban J connectivity index is 1.37. The summed E-state index contributed by atoms with van der Waals surface area (Å²) in [5.74, 6) is -0.164. The van der Waals surface area contributed by atoms with Crippen molar-refractivity contribution in [2.75, 3.05) is 37.7 Å². The number of hydrogen-bond donors (Lipinski definition) is 1. The molecule has 7 heteroatoms. The molecular weight excluding hydrogens is 380 g/mol. The molecule has 2 aliphatic heterocycles. The summed E-state index contributed by atoms with van der Waals surface area (Å²) in [4.78, 5) is 42.7. The molecule has 4 rings (SSSR count). The number of carbonyl (C=O) groups is 3. The van der Waals surface area contributed by atoms with Gasteiger partial charge < -0.3 is 10.2 Å². The van der Waals surface area contributed by atoms with Crippen LogP contribution in [0.15, 0.2) is 54.6 Å². The summed E-state index contributed by atoms with van der Waals surface area (Å²) in [6.07, 6.45) is 0. The Labute approximate surface area is 176 Å². The lowest BCUT2D eigenvalue weighted by atomic mass is 9.92. The van der Waals surface area contributed by atoms with Gasteiger partial charge in [-0.25, -0.2) is 9.69 Å². The van der Waals surface area contributed by atoms with E-state index in [9.17, 15) is 14.4 Å². The number of carbonyl (C=O) groups excluding carboxylic acids is 3. The molecule has 0 saturated carbocycles. The van der Waals surface area contributed by atoms with Crippen LogP contribution in [0.25, 0.3) is 0 Å². The topological polar surface area (TPSA) is 73.0 Å². The van der Waals surface area contributed by atoms with Gasteiger partial charge in [-0.2, -0.15) is 0 Å². The lowest BCUT2D eigenvalue weighted by Crippen LogP contribution is -2.51. The number of ketones is 1. The second-order valence-corrected chi connectivity index (χ2v) is 8.00. The molecule has 1 N–H and O–H groups in total. The second kappa shape index (κ2) is 7.91. The molecule has 7 nitrogen and oxygen atoms in total. The minimum atomic E-state index is -1.03. The van der Waals surface area contributed by atoms with E-state index < -0.39 is 5.54 Å². The van der Waals surface area contributed by atoms with E-state index >= 15 is 0 Å². The molecule has 3 amide bonds. The van der Waals surface area contributed by atoms with Crippen LogP contribution in [0.1, 0.15) is 29.8 Å². The van der Waals surface area contributed by atoms with E-state index in [4.69, 9.17) is 0 Å². The smallest absolute Gasteiger partial charge is 0.326 e. The van der Waals surface area contributed by atoms with Gasteiger partial charge in [-0.15, -0.1) is 0 Å². The SMILES string of the molecule is CC(=O)c1ccc(N2CCN(CN3C(=O)N[C@](C)(c4ccccc4)C3=O)CC2)cc1. The molecule has 1 atom stereocenters. The van der Waals surface area contributed by atoms with Gasteiger partial charge in [0, 0.05) is 37.4 Å². The summed E-state index contributed by atoms with van der Waals surface area (Å²) in [5, 5.41) is 2.86. The van der Waals surface area contributed by atoms with Gasteiger partial charge in [0.25, 0.3) is 5.91 Å². The van der Waals surface area contributed by atoms with Crippen LogP contribution in [0.5, 0.6) is 0 Å². The van der Waals surface area contributed by atoms with E-state index in [-0.39, 0.29) is 24.4 Å². The van der Waals surface area contributed by atoms with Crippen molar-refractivity contribution in [3.63, 3.8) is 0 Å². The van der Waals surface area contributed by atoms with Gasteiger partial charge in [-0.05, 0) is 43.7 Å². The number of imide groups is 1. The van der Waals surface area contributed by atoms with Crippen molar-refractivity contribution in [2.24, 2.45) is 0 Å². The Morgan fingerprint density at radius 1 is 0.967 bits per heavy atom. The summed E-state index contributed by atoms with van der Waals surface area (Å²) < 4.78 is 0. The van der Waals surface area contributed by atoms with E-state index in [0.717, 1.165) is 37.4 Å². The van der Waals surface area contributed by atoms with Crippen LogP contribution in [0.3, 0.4) is 0 Å². The van der Waals surface area contributed by atoms with Crippen LogP contribution in [0.2, 0.25) is 0 Å². The third-order valence-corrected chi connectivity index (χ3v) is 5.98. The minimum absolute atomic E-state index is 0.0578. The number of nitrogens with zero attached hydrogens (tertiary/aromatic N) is 3. The highest BCUT2D eigenvalue weighted by Crippen LogP contribution is 2.29. The van der Waals surface area contributed by atoms with Crippen molar-refractivity contribution in [1.29, 1.82) is 0 Å². The van der Waals surface area contributed by atoms with Crippen LogP contribution in [0, 0.1) is 0 Å². The number of Topliss-reactive ketones (excluding diaryl/α,β-unsaturated/α-hetero) is 1. The zero-order valence-corrected chi connectivity index (χ0v) is 17.3. The summed E-state index contributed by atoms with van der Waals surface area (Å²) in [5.41, 5.74) is 1.53. The van der Waals surface area contributed by atoms with Crippen molar-refractivity contribution in [1.82, 2.24) is 15.1 Å². The maximum absolute atomic E-state index is 13.1. The van der Waals surface area contributed by atoms with E-state index in [0.29, 0.717) is 5.56 Å². The van der Waals surface area contributed by atoms with Crippen LogP contribution in [-0.2, 0) is 10.3 Å². The molecule has 2 saturated heterocycles. The lowest BCUT2D eigenvalue weighted by molar-refractivity contribution is -0.132. The fourth-order valence-electron chi connectivity index (χ4n) is 4.05. The normalized spacial score (nSPS) is 22.3. The average Bonchev–Trinajstić information content (AvgIpc) is 2.99. The number of hydrogen-bond acceptors (Lipinski definition) is 5. The molecule has 0 aromatic heterocycles. The Morgan fingerprint density at radius 2 is 1.60 bits per heavy atom. The number of nitrogens with one attached hydrogen (secondary N) is 1. The van der Waals surface area contributed by atoms with Crippen LogP contribution < -0.4 is 10.2 Å². The summed E-state index contributed by atoms with van der Waals surface area (Å²) in [6.45, 7) is 6.67. The minimum Gasteiger partial charge on any atom is -0.369 e. The highest BCUT2D eigenvalue weighted by molar-refractivity contribution is 6.07. The molecule has 0 radical (unpaired) electrons.